The van der Waals surface area contributed by atoms with Crippen molar-refractivity contribution in [3.63, 3.8) is 0 Å². The second-order valence-corrected chi connectivity index (χ2v) is 6.35. The molecule has 0 saturated carbocycles. The maximum absolute atomic E-state index is 14.0. The standard InChI is InChI=1S/C22H13F2N3O/c23-16-8-5-14(6-9-16)22-17-13-15(7-10-20(17)26-28-22)19-11-12-27(25-19)21-4-2-1-3-18(21)24/h1-13H. The minimum atomic E-state index is -0.342. The van der Waals surface area contributed by atoms with E-state index in [1.807, 2.05) is 24.3 Å². The van der Waals surface area contributed by atoms with Crippen LogP contribution in [0.3, 0.4) is 0 Å². The van der Waals surface area contributed by atoms with E-state index >= 15 is 0 Å². The summed E-state index contributed by atoms with van der Waals surface area (Å²) in [5, 5.41) is 9.36. The maximum atomic E-state index is 14.0. The predicted molar refractivity (Wildman–Crippen MR) is 102 cm³/mol. The van der Waals surface area contributed by atoms with Crippen LogP contribution in [-0.4, -0.2) is 14.9 Å². The van der Waals surface area contributed by atoms with Gasteiger partial charge in [-0.3, -0.25) is 0 Å². The first kappa shape index (κ1) is 16.4. The highest BCUT2D eigenvalue weighted by atomic mass is 19.1. The number of hydrogen-bond acceptors (Lipinski definition) is 3. The van der Waals surface area contributed by atoms with Gasteiger partial charge in [-0.25, -0.2) is 13.5 Å². The Morgan fingerprint density at radius 3 is 2.43 bits per heavy atom. The summed E-state index contributed by atoms with van der Waals surface area (Å²) in [5.74, 6) is -0.0948. The van der Waals surface area contributed by atoms with Crippen molar-refractivity contribution in [3.8, 4) is 28.3 Å². The van der Waals surface area contributed by atoms with E-state index in [0.29, 0.717) is 22.7 Å². The molecule has 28 heavy (non-hydrogen) atoms. The molecule has 0 aliphatic heterocycles. The summed E-state index contributed by atoms with van der Waals surface area (Å²) in [5.41, 5.74) is 3.34. The Bertz CT molecular complexity index is 1290. The Morgan fingerprint density at radius 2 is 1.61 bits per heavy atom. The number of benzene rings is 3. The molecular weight excluding hydrogens is 360 g/mol. The van der Waals surface area contributed by atoms with Crippen molar-refractivity contribution in [3.05, 3.63) is 90.6 Å². The van der Waals surface area contributed by atoms with Crippen LogP contribution in [-0.2, 0) is 0 Å². The lowest BCUT2D eigenvalue weighted by molar-refractivity contribution is 0.441. The predicted octanol–water partition coefficient (Wildman–Crippen LogP) is 5.63. The summed E-state index contributed by atoms with van der Waals surface area (Å²) < 4.78 is 34.2. The third-order valence-electron chi connectivity index (χ3n) is 4.57. The smallest absolute Gasteiger partial charge is 0.174 e. The normalized spacial score (nSPS) is 11.2. The van der Waals surface area contributed by atoms with Gasteiger partial charge in [-0.15, -0.1) is 0 Å². The van der Waals surface area contributed by atoms with Gasteiger partial charge in [0.05, 0.1) is 11.1 Å². The van der Waals surface area contributed by atoms with Crippen LogP contribution in [0.25, 0.3) is 39.2 Å². The summed E-state index contributed by atoms with van der Waals surface area (Å²) in [7, 11) is 0. The minimum absolute atomic E-state index is 0.313. The van der Waals surface area contributed by atoms with Crippen LogP contribution in [0.1, 0.15) is 0 Å². The maximum Gasteiger partial charge on any atom is 0.174 e. The zero-order valence-corrected chi connectivity index (χ0v) is 14.5. The monoisotopic (exact) mass is 373 g/mol. The average molecular weight is 373 g/mol. The van der Waals surface area contributed by atoms with Gasteiger partial charge in [-0.2, -0.15) is 5.10 Å². The van der Waals surface area contributed by atoms with Gasteiger partial charge in [0, 0.05) is 17.3 Å². The number of halogens is 2. The second kappa shape index (κ2) is 6.42. The third-order valence-corrected chi connectivity index (χ3v) is 4.57. The number of nitrogens with zero attached hydrogens (tertiary/aromatic N) is 3. The number of fused-ring (bicyclic) bond motifs is 1. The fraction of sp³-hybridized carbons (Fsp3) is 0. The molecule has 5 aromatic rings. The first-order valence-electron chi connectivity index (χ1n) is 8.65. The highest BCUT2D eigenvalue weighted by Crippen LogP contribution is 2.32. The van der Waals surface area contributed by atoms with Gasteiger partial charge in [-0.05, 0) is 54.6 Å². The molecule has 5 rings (SSSR count). The van der Waals surface area contributed by atoms with Crippen LogP contribution in [0.5, 0.6) is 0 Å². The Labute approximate surface area is 158 Å². The molecule has 136 valence electrons. The molecule has 0 unspecified atom stereocenters. The lowest BCUT2D eigenvalue weighted by atomic mass is 10.0. The van der Waals surface area contributed by atoms with E-state index in [4.69, 9.17) is 4.52 Å². The highest BCUT2D eigenvalue weighted by molar-refractivity contribution is 5.94. The fourth-order valence-electron chi connectivity index (χ4n) is 3.16. The zero-order valence-electron chi connectivity index (χ0n) is 14.5. The van der Waals surface area contributed by atoms with E-state index in [2.05, 4.69) is 10.3 Å². The van der Waals surface area contributed by atoms with Gasteiger partial charge < -0.3 is 4.52 Å². The van der Waals surface area contributed by atoms with Gasteiger partial charge in [0.1, 0.15) is 22.8 Å². The Kier molecular flexibility index (Phi) is 3.76. The SMILES string of the molecule is Fc1ccc(-c2onc3ccc(-c4ccn(-c5ccccc5F)n4)cc23)cc1. The van der Waals surface area contributed by atoms with Gasteiger partial charge in [0.25, 0.3) is 0 Å². The van der Waals surface area contributed by atoms with Crippen molar-refractivity contribution in [2.24, 2.45) is 0 Å². The Balaban J connectivity index is 1.58. The third kappa shape index (κ3) is 2.75. The molecule has 4 nitrogen and oxygen atoms in total. The molecule has 0 amide bonds. The summed E-state index contributed by atoms with van der Waals surface area (Å²) >= 11 is 0. The number of aromatic nitrogens is 3. The number of hydrogen-bond donors (Lipinski definition) is 0. The Hall–Kier alpha value is -3.80. The molecule has 0 fully saturated rings. The average Bonchev–Trinajstić information content (AvgIpc) is 3.36. The van der Waals surface area contributed by atoms with Crippen LogP contribution >= 0.6 is 0 Å². The van der Waals surface area contributed by atoms with Gasteiger partial charge in [0.15, 0.2) is 5.76 Å². The van der Waals surface area contributed by atoms with E-state index in [-0.39, 0.29) is 11.6 Å². The van der Waals surface area contributed by atoms with E-state index in [1.165, 1.54) is 22.9 Å². The number of para-hydroxylation sites is 1. The van der Waals surface area contributed by atoms with Crippen molar-refractivity contribution >= 4 is 10.9 Å². The van der Waals surface area contributed by atoms with Gasteiger partial charge in [-0.1, -0.05) is 23.4 Å². The quantitative estimate of drug-likeness (QED) is 0.412. The van der Waals surface area contributed by atoms with Crippen LogP contribution in [0.2, 0.25) is 0 Å². The summed E-state index contributed by atoms with van der Waals surface area (Å²) in [4.78, 5) is 0. The van der Waals surface area contributed by atoms with Crippen LogP contribution < -0.4 is 0 Å². The lowest BCUT2D eigenvalue weighted by Crippen LogP contribution is -1.98. The molecule has 0 radical (unpaired) electrons. The minimum Gasteiger partial charge on any atom is -0.355 e. The fourth-order valence-corrected chi connectivity index (χ4v) is 3.16. The number of rotatable bonds is 3. The van der Waals surface area contributed by atoms with Crippen molar-refractivity contribution in [1.82, 2.24) is 14.9 Å². The van der Waals surface area contributed by atoms with Gasteiger partial charge >= 0.3 is 0 Å². The topological polar surface area (TPSA) is 43.9 Å². The van der Waals surface area contributed by atoms with Crippen molar-refractivity contribution in [1.29, 1.82) is 0 Å². The lowest BCUT2D eigenvalue weighted by Gasteiger charge is -2.02. The first-order valence-corrected chi connectivity index (χ1v) is 8.65. The zero-order chi connectivity index (χ0) is 19.1. The van der Waals surface area contributed by atoms with Crippen LogP contribution in [0, 0.1) is 11.6 Å². The molecule has 6 heteroatoms. The molecular formula is C22H13F2N3O. The van der Waals surface area contributed by atoms with Crippen LogP contribution in [0.4, 0.5) is 8.78 Å². The van der Waals surface area contributed by atoms with Crippen molar-refractivity contribution in [2.75, 3.05) is 0 Å². The molecule has 0 N–H and O–H groups in total. The summed E-state index contributed by atoms with van der Waals surface area (Å²) in [6.45, 7) is 0. The Morgan fingerprint density at radius 1 is 0.821 bits per heavy atom. The molecule has 0 aliphatic rings. The molecule has 0 atom stereocenters. The van der Waals surface area contributed by atoms with Crippen molar-refractivity contribution < 1.29 is 13.3 Å². The first-order chi connectivity index (χ1) is 13.7. The van der Waals surface area contributed by atoms with Crippen LogP contribution in [0.15, 0.2) is 83.5 Å². The molecule has 0 bridgehead atoms. The van der Waals surface area contributed by atoms with E-state index in [1.54, 1.807) is 36.5 Å². The molecule has 2 aromatic heterocycles. The second-order valence-electron chi connectivity index (χ2n) is 6.35. The van der Waals surface area contributed by atoms with Gasteiger partial charge in [0.2, 0.25) is 0 Å². The summed E-state index contributed by atoms with van der Waals surface area (Å²) in [6.07, 6.45) is 1.71. The molecule has 2 heterocycles. The largest absolute Gasteiger partial charge is 0.355 e. The molecule has 0 aliphatic carbocycles. The van der Waals surface area contributed by atoms with E-state index in [9.17, 15) is 8.78 Å². The van der Waals surface area contributed by atoms with E-state index < -0.39 is 0 Å². The van der Waals surface area contributed by atoms with E-state index in [0.717, 1.165) is 16.5 Å². The summed E-state index contributed by atoms with van der Waals surface area (Å²) in [6, 6.07) is 20.0. The van der Waals surface area contributed by atoms with Crippen molar-refractivity contribution in [2.45, 2.75) is 0 Å². The molecule has 0 saturated heterocycles. The molecule has 0 spiro atoms. The highest BCUT2D eigenvalue weighted by Gasteiger charge is 2.14. The molecule has 3 aromatic carbocycles.